The number of halogens is 1. The van der Waals surface area contributed by atoms with Crippen molar-refractivity contribution in [3.8, 4) is 0 Å². The summed E-state index contributed by atoms with van der Waals surface area (Å²) in [5, 5.41) is 9.53. The van der Waals surface area contributed by atoms with Gasteiger partial charge < -0.3 is 20.4 Å². The molecule has 1 saturated heterocycles. The van der Waals surface area contributed by atoms with E-state index in [2.05, 4.69) is 15.6 Å². The van der Waals surface area contributed by atoms with Gasteiger partial charge in [-0.25, -0.2) is 4.98 Å². The minimum atomic E-state index is -0.499. The normalized spacial score (nSPS) is 18.2. The highest BCUT2D eigenvalue weighted by Crippen LogP contribution is 2.30. The van der Waals surface area contributed by atoms with Gasteiger partial charge >= 0.3 is 0 Å². The van der Waals surface area contributed by atoms with Crippen LogP contribution >= 0.6 is 35.2 Å². The molecule has 1 aromatic carbocycles. The Morgan fingerprint density at radius 1 is 1.24 bits per heavy atom. The van der Waals surface area contributed by atoms with Crippen molar-refractivity contribution in [2.75, 3.05) is 30.3 Å². The van der Waals surface area contributed by atoms with Crippen LogP contribution in [0.5, 0.6) is 0 Å². The van der Waals surface area contributed by atoms with Crippen molar-refractivity contribution >= 4 is 62.9 Å². The first-order chi connectivity index (χ1) is 16.0. The van der Waals surface area contributed by atoms with Crippen LogP contribution in [0.4, 0.5) is 10.8 Å². The first-order valence-corrected chi connectivity index (χ1v) is 13.0. The Morgan fingerprint density at radius 3 is 2.76 bits per heavy atom. The maximum Gasteiger partial charge on any atom is 0.248 e. The second kappa shape index (κ2) is 11.3. The summed E-state index contributed by atoms with van der Waals surface area (Å²) < 4.78 is 0. The molecule has 2 aliphatic rings. The number of hydrogen-bond donors (Lipinski definition) is 2. The molecule has 1 atom stereocenters. The van der Waals surface area contributed by atoms with Crippen LogP contribution in [0.2, 0.25) is 5.02 Å². The lowest BCUT2D eigenvalue weighted by Crippen LogP contribution is -2.59. The van der Waals surface area contributed by atoms with Crippen LogP contribution in [0, 0.1) is 5.92 Å². The fourth-order valence-corrected chi connectivity index (χ4v) is 5.54. The van der Waals surface area contributed by atoms with E-state index < -0.39 is 6.04 Å². The lowest BCUT2D eigenvalue weighted by Gasteiger charge is -2.40. The van der Waals surface area contributed by atoms with Crippen LogP contribution in [-0.2, 0) is 9.59 Å². The number of benzene rings is 1. The zero-order valence-electron chi connectivity index (χ0n) is 18.3. The van der Waals surface area contributed by atoms with Gasteiger partial charge in [0, 0.05) is 35.4 Å². The predicted molar refractivity (Wildman–Crippen MR) is 137 cm³/mol. The zero-order valence-corrected chi connectivity index (χ0v) is 20.7. The molecule has 10 heteroatoms. The summed E-state index contributed by atoms with van der Waals surface area (Å²) >= 11 is 13.0. The van der Waals surface area contributed by atoms with Gasteiger partial charge in [-0.2, -0.15) is 0 Å². The van der Waals surface area contributed by atoms with Crippen molar-refractivity contribution in [3.63, 3.8) is 0 Å². The van der Waals surface area contributed by atoms with Gasteiger partial charge in [-0.15, -0.1) is 11.3 Å². The Labute approximate surface area is 208 Å². The molecule has 0 radical (unpaired) electrons. The number of anilines is 2. The smallest absolute Gasteiger partial charge is 0.248 e. The van der Waals surface area contributed by atoms with Gasteiger partial charge in [-0.05, 0) is 42.8 Å². The van der Waals surface area contributed by atoms with Gasteiger partial charge in [0.2, 0.25) is 11.8 Å². The summed E-state index contributed by atoms with van der Waals surface area (Å²) in [5.41, 5.74) is 0.778. The van der Waals surface area contributed by atoms with Gasteiger partial charge in [0.25, 0.3) is 0 Å². The highest BCUT2D eigenvalue weighted by molar-refractivity contribution is 7.80. The number of thiazole rings is 1. The van der Waals surface area contributed by atoms with E-state index in [-0.39, 0.29) is 18.4 Å². The minimum absolute atomic E-state index is 0.0911. The van der Waals surface area contributed by atoms with Gasteiger partial charge in [-0.3, -0.25) is 9.59 Å². The molecule has 1 aliphatic carbocycles. The van der Waals surface area contributed by atoms with E-state index in [0.717, 1.165) is 18.5 Å². The zero-order chi connectivity index (χ0) is 23.2. The van der Waals surface area contributed by atoms with Crippen molar-refractivity contribution < 1.29 is 9.59 Å². The lowest BCUT2D eigenvalue weighted by atomic mass is 9.84. The molecular formula is C23H28ClN5O2S2. The van der Waals surface area contributed by atoms with Crippen LogP contribution in [0.25, 0.3) is 0 Å². The molecule has 2 N–H and O–H groups in total. The fraction of sp³-hybridized carbons (Fsp3) is 0.478. The number of amides is 2. The molecule has 7 nitrogen and oxygen atoms in total. The van der Waals surface area contributed by atoms with Crippen LogP contribution in [0.1, 0.15) is 38.5 Å². The number of thiocarbonyl (C=S) groups is 1. The van der Waals surface area contributed by atoms with Crippen molar-refractivity contribution in [3.05, 3.63) is 40.9 Å². The SMILES string of the molecule is O=C(Nc1nccs1)[C@H](CC1CCCCC1)N1CCN(C(=S)Nc2cccc(Cl)c2)CC1=O. The molecule has 4 rings (SSSR count). The predicted octanol–water partition coefficient (Wildman–Crippen LogP) is 4.62. The van der Waals surface area contributed by atoms with Crippen molar-refractivity contribution in [1.82, 2.24) is 14.8 Å². The quantitative estimate of drug-likeness (QED) is 0.558. The van der Waals surface area contributed by atoms with Gasteiger partial charge in [0.05, 0.1) is 6.54 Å². The third kappa shape index (κ3) is 6.43. The molecule has 176 valence electrons. The van der Waals surface area contributed by atoms with Crippen molar-refractivity contribution in [2.24, 2.45) is 5.92 Å². The minimum Gasteiger partial charge on any atom is -0.338 e. The number of carbonyl (C=O) groups excluding carboxylic acids is 2. The Balaban J connectivity index is 1.42. The maximum absolute atomic E-state index is 13.2. The van der Waals surface area contributed by atoms with Crippen molar-refractivity contribution in [2.45, 2.75) is 44.6 Å². The standard InChI is InChI=1S/C23H28ClN5O2S2/c24-17-7-4-8-18(14-17)26-23(32)28-10-11-29(20(30)15-28)19(13-16-5-2-1-3-6-16)21(31)27-22-25-9-12-33-22/h4,7-9,12,14,16,19H,1-3,5-6,10-11,13,15H2,(H,26,32)(H,25,27,31)/t19-/m0/s1. The average molecular weight is 506 g/mol. The molecule has 1 aromatic heterocycles. The number of nitrogens with zero attached hydrogens (tertiary/aromatic N) is 3. The largest absolute Gasteiger partial charge is 0.338 e. The number of piperazine rings is 1. The molecule has 1 saturated carbocycles. The van der Waals surface area contributed by atoms with E-state index >= 15 is 0 Å². The highest BCUT2D eigenvalue weighted by Gasteiger charge is 2.36. The summed E-state index contributed by atoms with van der Waals surface area (Å²) in [6.07, 6.45) is 8.21. The monoisotopic (exact) mass is 505 g/mol. The van der Waals surface area contributed by atoms with Crippen LogP contribution in [0.15, 0.2) is 35.8 Å². The Morgan fingerprint density at radius 2 is 2.06 bits per heavy atom. The Kier molecular flexibility index (Phi) is 8.16. The molecule has 1 aliphatic heterocycles. The van der Waals surface area contributed by atoms with Gasteiger partial charge in [0.1, 0.15) is 6.04 Å². The van der Waals surface area contributed by atoms with E-state index in [9.17, 15) is 9.59 Å². The summed E-state index contributed by atoms with van der Waals surface area (Å²) in [4.78, 5) is 34.1. The van der Waals surface area contributed by atoms with Crippen LogP contribution in [-0.4, -0.2) is 57.4 Å². The summed E-state index contributed by atoms with van der Waals surface area (Å²) in [6, 6.07) is 6.80. The number of hydrogen-bond acceptors (Lipinski definition) is 5. The molecule has 2 amide bonds. The summed E-state index contributed by atoms with van der Waals surface area (Å²) in [7, 11) is 0. The third-order valence-corrected chi connectivity index (χ3v) is 7.53. The van der Waals surface area contributed by atoms with E-state index in [4.69, 9.17) is 23.8 Å². The first kappa shape index (κ1) is 23.9. The first-order valence-electron chi connectivity index (χ1n) is 11.3. The second-order valence-electron chi connectivity index (χ2n) is 8.53. The third-order valence-electron chi connectivity index (χ3n) is 6.24. The van der Waals surface area contributed by atoms with Crippen molar-refractivity contribution in [1.29, 1.82) is 0 Å². The molecular weight excluding hydrogens is 478 g/mol. The van der Waals surface area contributed by atoms with E-state index in [0.29, 0.717) is 40.7 Å². The second-order valence-corrected chi connectivity index (χ2v) is 10.2. The van der Waals surface area contributed by atoms with E-state index in [1.807, 2.05) is 22.4 Å². The lowest BCUT2D eigenvalue weighted by molar-refractivity contribution is -0.142. The summed E-state index contributed by atoms with van der Waals surface area (Å²) in [5.74, 6) is 0.214. The Bertz CT molecular complexity index is 981. The fourth-order valence-electron chi connectivity index (χ4n) is 4.55. The molecule has 0 bridgehead atoms. The van der Waals surface area contributed by atoms with Crippen LogP contribution in [0.3, 0.4) is 0 Å². The number of rotatable bonds is 6. The van der Waals surface area contributed by atoms with E-state index in [1.54, 1.807) is 23.2 Å². The topological polar surface area (TPSA) is 77.6 Å². The maximum atomic E-state index is 13.2. The summed E-state index contributed by atoms with van der Waals surface area (Å²) in [6.45, 7) is 1.14. The van der Waals surface area contributed by atoms with E-state index in [1.165, 1.54) is 30.6 Å². The highest BCUT2D eigenvalue weighted by atomic mass is 35.5. The number of carbonyl (C=O) groups is 2. The van der Waals surface area contributed by atoms with Gasteiger partial charge in [-0.1, -0.05) is 49.8 Å². The van der Waals surface area contributed by atoms with Gasteiger partial charge in [0.15, 0.2) is 10.2 Å². The molecule has 0 unspecified atom stereocenters. The molecule has 0 spiro atoms. The number of nitrogens with one attached hydrogen (secondary N) is 2. The van der Waals surface area contributed by atoms with Crippen LogP contribution < -0.4 is 10.6 Å². The average Bonchev–Trinajstić information content (AvgIpc) is 3.31. The molecule has 2 heterocycles. The molecule has 2 aromatic rings. The molecule has 2 fully saturated rings. The molecule has 33 heavy (non-hydrogen) atoms. The Hall–Kier alpha value is -2.23. The number of aromatic nitrogens is 1.